The third-order valence-corrected chi connectivity index (χ3v) is 7.55. The molecule has 0 aliphatic carbocycles. The van der Waals surface area contributed by atoms with E-state index in [0.717, 1.165) is 68.2 Å². The SMILES string of the molecule is Nc1ccc(-c2cccs2)cc1NC(=O)c1ccc(NC2CCN(C(=O)N3CCNCC3)CC2)cn1. The smallest absolute Gasteiger partial charge is 0.320 e. The van der Waals surface area contributed by atoms with E-state index in [1.165, 1.54) is 0 Å². The van der Waals surface area contributed by atoms with Gasteiger partial charge in [0.15, 0.2) is 0 Å². The van der Waals surface area contributed by atoms with E-state index in [1.807, 2.05) is 45.5 Å². The fraction of sp³-hybridized carbons (Fsp3) is 0.346. The minimum atomic E-state index is -0.309. The molecule has 188 valence electrons. The van der Waals surface area contributed by atoms with Crippen molar-refractivity contribution in [3.8, 4) is 10.4 Å². The van der Waals surface area contributed by atoms with Crippen molar-refractivity contribution in [3.05, 3.63) is 59.7 Å². The number of nitrogens with two attached hydrogens (primary N) is 1. The lowest BCUT2D eigenvalue weighted by molar-refractivity contribution is 0.102. The lowest BCUT2D eigenvalue weighted by atomic mass is 10.0. The zero-order chi connectivity index (χ0) is 24.9. The monoisotopic (exact) mass is 505 g/mol. The maximum Gasteiger partial charge on any atom is 0.320 e. The number of carbonyl (C=O) groups excluding carboxylic acids is 2. The first-order valence-electron chi connectivity index (χ1n) is 12.3. The van der Waals surface area contributed by atoms with Crippen LogP contribution in [0.1, 0.15) is 23.3 Å². The first-order valence-corrected chi connectivity index (χ1v) is 13.2. The van der Waals surface area contributed by atoms with Gasteiger partial charge in [0.05, 0.1) is 23.3 Å². The molecule has 0 saturated carbocycles. The minimum Gasteiger partial charge on any atom is -0.397 e. The van der Waals surface area contributed by atoms with Crippen molar-refractivity contribution in [2.45, 2.75) is 18.9 Å². The van der Waals surface area contributed by atoms with Gasteiger partial charge in [-0.2, -0.15) is 0 Å². The molecule has 4 heterocycles. The van der Waals surface area contributed by atoms with Crippen molar-refractivity contribution in [3.63, 3.8) is 0 Å². The molecule has 5 rings (SSSR count). The highest BCUT2D eigenvalue weighted by Crippen LogP contribution is 2.30. The van der Waals surface area contributed by atoms with E-state index in [1.54, 1.807) is 29.7 Å². The molecule has 0 unspecified atom stereocenters. The Kier molecular flexibility index (Phi) is 7.33. The number of carbonyl (C=O) groups is 2. The Bertz CT molecular complexity index is 1190. The van der Waals surface area contributed by atoms with Gasteiger partial charge in [0, 0.05) is 50.2 Å². The van der Waals surface area contributed by atoms with Gasteiger partial charge < -0.3 is 31.5 Å². The highest BCUT2D eigenvalue weighted by atomic mass is 32.1. The van der Waals surface area contributed by atoms with Gasteiger partial charge in [-0.15, -0.1) is 11.3 Å². The molecule has 10 heteroatoms. The Morgan fingerprint density at radius 1 is 1.03 bits per heavy atom. The molecule has 5 N–H and O–H groups in total. The first kappa shape index (κ1) is 24.1. The minimum absolute atomic E-state index is 0.147. The third-order valence-electron chi connectivity index (χ3n) is 6.63. The number of aromatic nitrogens is 1. The average Bonchev–Trinajstić information content (AvgIpc) is 3.46. The molecule has 2 saturated heterocycles. The largest absolute Gasteiger partial charge is 0.397 e. The number of likely N-dealkylation sites (tertiary alicyclic amines) is 1. The summed E-state index contributed by atoms with van der Waals surface area (Å²) in [5.74, 6) is -0.309. The number of urea groups is 1. The molecule has 36 heavy (non-hydrogen) atoms. The molecule has 9 nitrogen and oxygen atoms in total. The van der Waals surface area contributed by atoms with Crippen LogP contribution in [0.4, 0.5) is 21.9 Å². The zero-order valence-corrected chi connectivity index (χ0v) is 20.9. The first-order chi connectivity index (χ1) is 17.6. The van der Waals surface area contributed by atoms with E-state index < -0.39 is 0 Å². The van der Waals surface area contributed by atoms with Crippen LogP contribution in [0.5, 0.6) is 0 Å². The summed E-state index contributed by atoms with van der Waals surface area (Å²) in [7, 11) is 0. The lowest BCUT2D eigenvalue weighted by Crippen LogP contribution is -2.53. The number of piperazine rings is 1. The van der Waals surface area contributed by atoms with Crippen LogP contribution >= 0.6 is 11.3 Å². The molecule has 1 aromatic carbocycles. The van der Waals surface area contributed by atoms with Crippen LogP contribution in [0.15, 0.2) is 54.0 Å². The number of nitrogens with zero attached hydrogens (tertiary/aromatic N) is 3. The van der Waals surface area contributed by atoms with Crippen molar-refractivity contribution >= 4 is 40.3 Å². The van der Waals surface area contributed by atoms with E-state index in [0.29, 0.717) is 17.1 Å². The summed E-state index contributed by atoms with van der Waals surface area (Å²) < 4.78 is 0. The Hall–Kier alpha value is -3.63. The van der Waals surface area contributed by atoms with Crippen LogP contribution in [-0.4, -0.2) is 72.0 Å². The van der Waals surface area contributed by atoms with Gasteiger partial charge in [0.25, 0.3) is 5.91 Å². The number of thiophene rings is 1. The van der Waals surface area contributed by atoms with E-state index in [9.17, 15) is 9.59 Å². The molecule has 2 fully saturated rings. The molecule has 0 bridgehead atoms. The van der Waals surface area contributed by atoms with Crippen molar-refractivity contribution in [1.29, 1.82) is 0 Å². The summed E-state index contributed by atoms with van der Waals surface area (Å²) in [4.78, 5) is 34.9. The van der Waals surface area contributed by atoms with E-state index >= 15 is 0 Å². The van der Waals surface area contributed by atoms with Crippen molar-refractivity contribution in [2.24, 2.45) is 0 Å². The highest BCUT2D eigenvalue weighted by molar-refractivity contribution is 7.13. The Morgan fingerprint density at radius 3 is 2.50 bits per heavy atom. The van der Waals surface area contributed by atoms with Crippen LogP contribution < -0.4 is 21.7 Å². The third kappa shape index (κ3) is 5.60. The number of nitrogens with one attached hydrogen (secondary N) is 3. The van der Waals surface area contributed by atoms with Crippen molar-refractivity contribution < 1.29 is 9.59 Å². The predicted octanol–water partition coefficient (Wildman–Crippen LogP) is 3.55. The quantitative estimate of drug-likeness (QED) is 0.394. The molecule has 0 spiro atoms. The summed E-state index contributed by atoms with van der Waals surface area (Å²) in [6, 6.07) is 13.6. The summed E-state index contributed by atoms with van der Waals surface area (Å²) in [5.41, 5.74) is 9.35. The van der Waals surface area contributed by atoms with Crippen LogP contribution in [0.25, 0.3) is 10.4 Å². The number of anilines is 3. The molecule has 2 aromatic heterocycles. The Morgan fingerprint density at radius 2 is 1.81 bits per heavy atom. The van der Waals surface area contributed by atoms with Gasteiger partial charge in [0.1, 0.15) is 5.69 Å². The number of benzene rings is 1. The number of hydrogen-bond acceptors (Lipinski definition) is 7. The maximum absolute atomic E-state index is 12.8. The number of nitrogen functional groups attached to an aromatic ring is 1. The van der Waals surface area contributed by atoms with Crippen molar-refractivity contribution in [1.82, 2.24) is 20.1 Å². The molecule has 3 amide bonds. The Labute approximate surface area is 214 Å². The standard InChI is InChI=1S/C26H31N7O2S/c27-21-5-3-18(24-2-1-15-36-24)16-23(21)31-25(34)22-6-4-20(17-29-22)30-19-7-11-32(12-8-19)26(35)33-13-9-28-10-14-33/h1-6,15-17,19,28,30H,7-14,27H2,(H,31,34). The van der Waals surface area contributed by atoms with Gasteiger partial charge >= 0.3 is 6.03 Å². The molecule has 2 aliphatic heterocycles. The van der Waals surface area contributed by atoms with E-state index in [2.05, 4.69) is 20.9 Å². The lowest BCUT2D eigenvalue weighted by Gasteiger charge is -2.37. The van der Waals surface area contributed by atoms with E-state index in [-0.39, 0.29) is 18.0 Å². The number of rotatable bonds is 5. The topological polar surface area (TPSA) is 116 Å². The Balaban J connectivity index is 1.14. The number of pyridine rings is 1. The predicted molar refractivity (Wildman–Crippen MR) is 144 cm³/mol. The molecular weight excluding hydrogens is 474 g/mol. The zero-order valence-electron chi connectivity index (χ0n) is 20.1. The van der Waals surface area contributed by atoms with Gasteiger partial charge in [-0.05, 0) is 54.1 Å². The summed E-state index contributed by atoms with van der Waals surface area (Å²) in [6.45, 7) is 4.74. The fourth-order valence-corrected chi connectivity index (χ4v) is 5.29. The van der Waals surface area contributed by atoms with Gasteiger partial charge in [-0.1, -0.05) is 12.1 Å². The fourth-order valence-electron chi connectivity index (χ4n) is 4.57. The molecule has 3 aromatic rings. The molecule has 2 aliphatic rings. The van der Waals surface area contributed by atoms with Crippen LogP contribution in [0, 0.1) is 0 Å². The second-order valence-electron chi connectivity index (χ2n) is 9.09. The van der Waals surface area contributed by atoms with Crippen LogP contribution in [0.2, 0.25) is 0 Å². The second-order valence-corrected chi connectivity index (χ2v) is 10.0. The number of hydrogen-bond donors (Lipinski definition) is 4. The second kappa shape index (κ2) is 11.0. The van der Waals surface area contributed by atoms with Crippen molar-refractivity contribution in [2.75, 3.05) is 55.6 Å². The van der Waals surface area contributed by atoms with Gasteiger partial charge in [-0.3, -0.25) is 4.79 Å². The van der Waals surface area contributed by atoms with Gasteiger partial charge in [0.2, 0.25) is 0 Å². The molecule has 0 atom stereocenters. The number of amides is 3. The summed E-state index contributed by atoms with van der Waals surface area (Å²) in [6.07, 6.45) is 3.43. The maximum atomic E-state index is 12.8. The van der Waals surface area contributed by atoms with Crippen LogP contribution in [-0.2, 0) is 0 Å². The molecular formula is C26H31N7O2S. The highest BCUT2D eigenvalue weighted by Gasteiger charge is 2.27. The van der Waals surface area contributed by atoms with E-state index in [4.69, 9.17) is 5.73 Å². The number of piperidine rings is 1. The van der Waals surface area contributed by atoms with Gasteiger partial charge in [-0.25, -0.2) is 9.78 Å². The summed E-state index contributed by atoms with van der Waals surface area (Å²) in [5, 5.41) is 11.7. The molecule has 0 radical (unpaired) electrons. The summed E-state index contributed by atoms with van der Waals surface area (Å²) >= 11 is 1.63. The average molecular weight is 506 g/mol. The van der Waals surface area contributed by atoms with Crippen LogP contribution in [0.3, 0.4) is 0 Å². The normalized spacial score (nSPS) is 16.6.